The Bertz CT molecular complexity index is 286. The second-order valence-corrected chi connectivity index (χ2v) is 7.86. The molecular weight excluding hydrogens is 299 g/mol. The van der Waals surface area contributed by atoms with Crippen molar-refractivity contribution in [2.24, 2.45) is 0 Å². The minimum Gasteiger partial charge on any atom is -0.287 e. The number of hydrogen-bond donors (Lipinski definition) is 0. The van der Waals surface area contributed by atoms with Gasteiger partial charge in [0.05, 0.1) is 19.8 Å². The van der Waals surface area contributed by atoms with Crippen LogP contribution in [0.2, 0.25) is 0 Å². The van der Waals surface area contributed by atoms with E-state index in [1.165, 1.54) is 64.2 Å². The summed E-state index contributed by atoms with van der Waals surface area (Å²) in [6, 6.07) is 0. The van der Waals surface area contributed by atoms with Gasteiger partial charge in [0.25, 0.3) is 0 Å². The van der Waals surface area contributed by atoms with Gasteiger partial charge < -0.3 is 0 Å². The molecule has 1 aliphatic rings. The molecule has 5 heteroatoms. The Morgan fingerprint density at radius 1 is 0.773 bits per heavy atom. The van der Waals surface area contributed by atoms with Crippen molar-refractivity contribution in [2.45, 2.75) is 90.4 Å². The largest absolute Gasteiger partial charge is 0.474 e. The normalized spacial score (nSPS) is 17.7. The van der Waals surface area contributed by atoms with E-state index in [-0.39, 0.29) is 0 Å². The molecule has 132 valence electrons. The predicted octanol–water partition coefficient (Wildman–Crippen LogP) is 6.25. The van der Waals surface area contributed by atoms with Gasteiger partial charge in [0, 0.05) is 0 Å². The maximum atomic E-state index is 11.9. The van der Waals surface area contributed by atoms with Gasteiger partial charge in [-0.25, -0.2) is 4.57 Å². The van der Waals surface area contributed by atoms with Crippen LogP contribution in [0.25, 0.3) is 0 Å². The van der Waals surface area contributed by atoms with Gasteiger partial charge in [0.2, 0.25) is 0 Å². The molecule has 0 aromatic heterocycles. The quantitative estimate of drug-likeness (QED) is 0.278. The monoisotopic (exact) mass is 334 g/mol. The van der Waals surface area contributed by atoms with Crippen LogP contribution in [0, 0.1) is 0 Å². The Hall–Kier alpha value is 0.110. The first-order valence-electron chi connectivity index (χ1n) is 9.30. The van der Waals surface area contributed by atoms with Gasteiger partial charge in [-0.3, -0.25) is 13.6 Å². The van der Waals surface area contributed by atoms with E-state index in [9.17, 15) is 4.57 Å². The van der Waals surface area contributed by atoms with Gasteiger partial charge in [-0.15, -0.1) is 0 Å². The minimum absolute atomic E-state index is 0.481. The van der Waals surface area contributed by atoms with Crippen molar-refractivity contribution in [1.29, 1.82) is 0 Å². The molecule has 1 fully saturated rings. The van der Waals surface area contributed by atoms with Gasteiger partial charge in [-0.1, -0.05) is 77.6 Å². The molecule has 22 heavy (non-hydrogen) atoms. The molecule has 0 bridgehead atoms. The molecule has 0 amide bonds. The van der Waals surface area contributed by atoms with Crippen molar-refractivity contribution in [3.63, 3.8) is 0 Å². The minimum atomic E-state index is -3.20. The Labute approximate surface area is 136 Å². The summed E-state index contributed by atoms with van der Waals surface area (Å²) in [6.07, 6.45) is 16.5. The summed E-state index contributed by atoms with van der Waals surface area (Å²) in [5, 5.41) is 0. The van der Waals surface area contributed by atoms with E-state index in [4.69, 9.17) is 13.6 Å². The third-order valence-corrected chi connectivity index (χ3v) is 5.53. The van der Waals surface area contributed by atoms with Gasteiger partial charge >= 0.3 is 7.82 Å². The van der Waals surface area contributed by atoms with Crippen molar-refractivity contribution >= 4 is 7.82 Å². The highest BCUT2D eigenvalue weighted by Crippen LogP contribution is 2.51. The lowest BCUT2D eigenvalue weighted by Crippen LogP contribution is -2.10. The van der Waals surface area contributed by atoms with Gasteiger partial charge in [-0.2, -0.15) is 0 Å². The topological polar surface area (TPSA) is 44.8 Å². The first-order chi connectivity index (χ1) is 10.8. The fourth-order valence-corrected chi connectivity index (χ4v) is 3.92. The van der Waals surface area contributed by atoms with E-state index < -0.39 is 7.82 Å². The van der Waals surface area contributed by atoms with E-state index in [0.717, 1.165) is 19.3 Å². The zero-order valence-corrected chi connectivity index (χ0v) is 15.3. The standard InChI is InChI=1S/C17H35O4P/c1-2-3-4-5-6-7-8-9-10-11-12-13-15-19-22(18)20-16-14-17-21-22/h2-17H2,1H3. The molecule has 1 saturated heterocycles. The maximum absolute atomic E-state index is 11.9. The Morgan fingerprint density at radius 3 is 1.73 bits per heavy atom. The molecule has 0 unspecified atom stereocenters. The van der Waals surface area contributed by atoms with Gasteiger partial charge in [-0.05, 0) is 12.8 Å². The van der Waals surface area contributed by atoms with E-state index in [0.29, 0.717) is 19.8 Å². The van der Waals surface area contributed by atoms with Crippen LogP contribution in [0.15, 0.2) is 0 Å². The molecule has 1 rings (SSSR count). The fraction of sp³-hybridized carbons (Fsp3) is 1.00. The van der Waals surface area contributed by atoms with Crippen molar-refractivity contribution in [2.75, 3.05) is 19.8 Å². The zero-order valence-electron chi connectivity index (χ0n) is 14.4. The second kappa shape index (κ2) is 13.5. The summed E-state index contributed by atoms with van der Waals surface area (Å²) < 4.78 is 27.3. The van der Waals surface area contributed by atoms with Crippen LogP contribution < -0.4 is 0 Å². The van der Waals surface area contributed by atoms with E-state index >= 15 is 0 Å². The zero-order chi connectivity index (χ0) is 15.9. The van der Waals surface area contributed by atoms with Crippen LogP contribution in [0.3, 0.4) is 0 Å². The highest BCUT2D eigenvalue weighted by atomic mass is 31.2. The molecule has 1 heterocycles. The first kappa shape index (κ1) is 20.2. The molecule has 0 N–H and O–H groups in total. The number of hydrogen-bond acceptors (Lipinski definition) is 4. The number of rotatable bonds is 14. The number of phosphoric acid groups is 1. The van der Waals surface area contributed by atoms with Crippen molar-refractivity contribution < 1.29 is 18.1 Å². The molecular formula is C17H35O4P. The Balaban J connectivity index is 1.77. The average molecular weight is 334 g/mol. The highest BCUT2D eigenvalue weighted by Gasteiger charge is 2.29. The molecule has 0 aromatic carbocycles. The molecule has 0 aromatic rings. The Kier molecular flexibility index (Phi) is 12.4. The lowest BCUT2D eigenvalue weighted by atomic mass is 10.1. The van der Waals surface area contributed by atoms with Gasteiger partial charge in [0.15, 0.2) is 0 Å². The lowest BCUT2D eigenvalue weighted by molar-refractivity contribution is 0.0738. The first-order valence-corrected chi connectivity index (χ1v) is 10.8. The average Bonchev–Trinajstić information content (AvgIpc) is 2.52. The molecule has 0 atom stereocenters. The summed E-state index contributed by atoms with van der Waals surface area (Å²) in [4.78, 5) is 0. The lowest BCUT2D eigenvalue weighted by Gasteiger charge is -2.21. The van der Waals surface area contributed by atoms with Crippen LogP contribution in [0.5, 0.6) is 0 Å². The third kappa shape index (κ3) is 10.8. The molecule has 0 radical (unpaired) electrons. The van der Waals surface area contributed by atoms with Crippen molar-refractivity contribution in [3.05, 3.63) is 0 Å². The van der Waals surface area contributed by atoms with Crippen LogP contribution in [-0.4, -0.2) is 19.8 Å². The molecule has 1 aliphatic heterocycles. The van der Waals surface area contributed by atoms with Crippen molar-refractivity contribution in [3.8, 4) is 0 Å². The number of phosphoric ester groups is 1. The third-order valence-electron chi connectivity index (χ3n) is 4.03. The van der Waals surface area contributed by atoms with Crippen LogP contribution in [0.1, 0.15) is 90.4 Å². The fourth-order valence-electron chi connectivity index (χ4n) is 2.64. The molecule has 0 spiro atoms. The smallest absolute Gasteiger partial charge is 0.287 e. The Morgan fingerprint density at radius 2 is 1.23 bits per heavy atom. The summed E-state index contributed by atoms with van der Waals surface area (Å²) in [6.45, 7) is 3.71. The molecule has 0 saturated carbocycles. The van der Waals surface area contributed by atoms with Crippen LogP contribution in [-0.2, 0) is 18.1 Å². The van der Waals surface area contributed by atoms with Crippen LogP contribution >= 0.6 is 7.82 Å². The summed E-state index contributed by atoms with van der Waals surface area (Å²) in [7, 11) is -3.20. The summed E-state index contributed by atoms with van der Waals surface area (Å²) >= 11 is 0. The number of unbranched alkanes of at least 4 members (excludes halogenated alkanes) is 11. The second-order valence-electron chi connectivity index (χ2n) is 6.19. The van der Waals surface area contributed by atoms with Crippen LogP contribution in [0.4, 0.5) is 0 Å². The predicted molar refractivity (Wildman–Crippen MR) is 91.2 cm³/mol. The SMILES string of the molecule is CCCCCCCCCCCCCCOP1(=O)OCCCO1. The van der Waals surface area contributed by atoms with E-state index in [2.05, 4.69) is 6.92 Å². The molecule has 0 aliphatic carbocycles. The molecule has 4 nitrogen and oxygen atoms in total. The van der Waals surface area contributed by atoms with Crippen molar-refractivity contribution in [1.82, 2.24) is 0 Å². The highest BCUT2D eigenvalue weighted by molar-refractivity contribution is 7.48. The summed E-state index contributed by atoms with van der Waals surface area (Å²) in [5.41, 5.74) is 0. The van der Waals surface area contributed by atoms with E-state index in [1.807, 2.05) is 0 Å². The summed E-state index contributed by atoms with van der Waals surface area (Å²) in [5.74, 6) is 0. The van der Waals surface area contributed by atoms with Gasteiger partial charge in [0.1, 0.15) is 0 Å². The maximum Gasteiger partial charge on any atom is 0.474 e. The van der Waals surface area contributed by atoms with E-state index in [1.54, 1.807) is 0 Å².